The molecule has 7 heteroatoms. The van der Waals surface area contributed by atoms with E-state index in [0.717, 1.165) is 0 Å². The fraction of sp³-hybridized carbons (Fsp3) is 0.750. The minimum Gasteiger partial charge on any atom is -0.480 e. The molecule has 0 rings (SSSR count). The van der Waals surface area contributed by atoms with Crippen molar-refractivity contribution in [1.29, 1.82) is 0 Å². The molecule has 0 radical (unpaired) electrons. The maximum absolute atomic E-state index is 10.1. The number of carbonyl (C=O) groups is 1. The molecule has 0 aliphatic rings. The fourth-order valence-electron chi connectivity index (χ4n) is 0.293. The van der Waals surface area contributed by atoms with E-state index in [2.05, 4.69) is 30.5 Å². The van der Waals surface area contributed by atoms with E-state index < -0.39 is 12.0 Å². The lowest BCUT2D eigenvalue weighted by Crippen LogP contribution is -2.35. The maximum atomic E-state index is 10.1. The van der Waals surface area contributed by atoms with Crippen LogP contribution in [0.15, 0.2) is 0 Å². The first-order valence-corrected chi connectivity index (χ1v) is 3.36. The topological polar surface area (TPSA) is 66.4 Å². The zero-order valence-corrected chi connectivity index (χ0v) is 8.61. The molecule has 0 fully saturated rings. The lowest BCUT2D eigenvalue weighted by atomic mass is 10.3. The molecule has 0 saturated heterocycles. The van der Waals surface area contributed by atoms with Gasteiger partial charge in [0.15, 0.2) is 12.5 Å². The van der Waals surface area contributed by atoms with Crippen molar-refractivity contribution in [2.45, 2.75) is 6.04 Å². The second-order valence-electron chi connectivity index (χ2n) is 1.36. The Labute approximate surface area is 83.1 Å². The zero-order chi connectivity index (χ0) is 8.57. The summed E-state index contributed by atoms with van der Waals surface area (Å²) in [6.07, 6.45) is 0. The SMILES string of the molecule is CNC(CS)C(=O)O.O=S.S. The van der Waals surface area contributed by atoms with Crippen molar-refractivity contribution < 1.29 is 14.1 Å². The van der Waals surface area contributed by atoms with Crippen molar-refractivity contribution in [3.05, 3.63) is 0 Å². The molecule has 0 saturated carbocycles. The van der Waals surface area contributed by atoms with E-state index in [4.69, 9.17) is 9.32 Å². The molecule has 68 valence electrons. The van der Waals surface area contributed by atoms with E-state index in [9.17, 15) is 4.79 Å². The second kappa shape index (κ2) is 12.8. The lowest BCUT2D eigenvalue weighted by Gasteiger charge is -2.04. The summed E-state index contributed by atoms with van der Waals surface area (Å²) < 4.78 is 7.83. The molecule has 0 aromatic heterocycles. The minimum absolute atomic E-state index is 0. The summed E-state index contributed by atoms with van der Waals surface area (Å²) >= 11 is 6.63. The van der Waals surface area contributed by atoms with Crippen LogP contribution in [-0.4, -0.2) is 34.1 Å². The molecular formula is C4H11NO3S3. The summed E-state index contributed by atoms with van der Waals surface area (Å²) in [5.41, 5.74) is 0. The first-order chi connectivity index (χ1) is 4.72. The van der Waals surface area contributed by atoms with Gasteiger partial charge >= 0.3 is 5.97 Å². The third-order valence-electron chi connectivity index (χ3n) is 0.829. The monoisotopic (exact) mass is 217 g/mol. The zero-order valence-electron chi connectivity index (χ0n) is 5.90. The van der Waals surface area contributed by atoms with Crippen molar-refractivity contribution in [1.82, 2.24) is 5.32 Å². The largest absolute Gasteiger partial charge is 0.480 e. The van der Waals surface area contributed by atoms with E-state index in [0.29, 0.717) is 5.75 Å². The van der Waals surface area contributed by atoms with Gasteiger partial charge in [-0.25, -0.2) is 0 Å². The molecule has 0 spiro atoms. The molecule has 1 unspecified atom stereocenters. The molecule has 0 aliphatic heterocycles. The highest BCUT2D eigenvalue weighted by Crippen LogP contribution is 1.84. The smallest absolute Gasteiger partial charge is 0.321 e. The Balaban J connectivity index is -0.000000196. The summed E-state index contributed by atoms with van der Waals surface area (Å²) in [6, 6.07) is -0.515. The number of rotatable bonds is 3. The molecule has 0 bridgehead atoms. The van der Waals surface area contributed by atoms with Crippen LogP contribution in [-0.2, 0) is 17.3 Å². The number of carboxylic acids is 1. The Morgan fingerprint density at radius 2 is 2.09 bits per heavy atom. The number of carboxylic acid groups (broad SMARTS) is 1. The lowest BCUT2D eigenvalue weighted by molar-refractivity contribution is -0.138. The molecule has 11 heavy (non-hydrogen) atoms. The Kier molecular flexibility index (Phi) is 20.1. The first kappa shape index (κ1) is 17.3. The molecule has 0 aromatic carbocycles. The van der Waals surface area contributed by atoms with Gasteiger partial charge in [-0.15, -0.1) is 0 Å². The highest BCUT2D eigenvalue weighted by atomic mass is 32.1. The van der Waals surface area contributed by atoms with Crippen LogP contribution in [0.3, 0.4) is 0 Å². The van der Waals surface area contributed by atoms with Gasteiger partial charge in [0.25, 0.3) is 0 Å². The van der Waals surface area contributed by atoms with Crippen LogP contribution in [0.1, 0.15) is 0 Å². The second-order valence-corrected chi connectivity index (χ2v) is 1.73. The van der Waals surface area contributed by atoms with Crippen molar-refractivity contribution in [2.75, 3.05) is 12.8 Å². The van der Waals surface area contributed by atoms with Gasteiger partial charge in [-0.3, -0.25) is 4.79 Å². The van der Waals surface area contributed by atoms with Gasteiger partial charge in [0.05, 0.1) is 0 Å². The summed E-state index contributed by atoms with van der Waals surface area (Å²) in [5, 5.41) is 10.8. The maximum Gasteiger partial charge on any atom is 0.321 e. The van der Waals surface area contributed by atoms with Gasteiger partial charge in [0.2, 0.25) is 0 Å². The van der Waals surface area contributed by atoms with E-state index in [1.165, 1.54) is 0 Å². The van der Waals surface area contributed by atoms with Crippen molar-refractivity contribution >= 4 is 44.6 Å². The van der Waals surface area contributed by atoms with Crippen LogP contribution in [0, 0.1) is 0 Å². The Hall–Kier alpha value is 0.150. The number of likely N-dealkylation sites (N-methyl/N-ethyl adjacent to an activating group) is 1. The van der Waals surface area contributed by atoms with Crippen molar-refractivity contribution in [2.24, 2.45) is 0 Å². The quantitative estimate of drug-likeness (QED) is 0.549. The highest BCUT2D eigenvalue weighted by molar-refractivity contribution is 7.80. The van der Waals surface area contributed by atoms with Crippen LogP contribution in [0.25, 0.3) is 0 Å². The minimum atomic E-state index is -0.859. The first-order valence-electron chi connectivity index (χ1n) is 2.40. The molecule has 1 atom stereocenters. The summed E-state index contributed by atoms with van der Waals surface area (Å²) in [4.78, 5) is 10.1. The Bertz CT molecular complexity index is 98.6. The molecule has 4 nitrogen and oxygen atoms in total. The standard InChI is InChI=1S/C4H9NO2S.OS.H2S/c1-5-3(2-8)4(6)7;1-2;/h3,5,8H,2H2,1H3,(H,6,7);;1H2. The predicted molar refractivity (Wildman–Crippen MR) is 52.9 cm³/mol. The average molecular weight is 217 g/mol. The van der Waals surface area contributed by atoms with E-state index in [1.807, 2.05) is 0 Å². The van der Waals surface area contributed by atoms with Gasteiger partial charge in [-0.1, -0.05) is 0 Å². The van der Waals surface area contributed by atoms with E-state index >= 15 is 0 Å². The average Bonchev–Trinajstić information content (AvgIpc) is 1.94. The van der Waals surface area contributed by atoms with Gasteiger partial charge in [0, 0.05) is 5.75 Å². The Morgan fingerprint density at radius 1 is 1.73 bits per heavy atom. The van der Waals surface area contributed by atoms with Gasteiger partial charge in [-0.2, -0.15) is 30.3 Å². The number of hydrogen-bond acceptors (Lipinski definition) is 5. The molecular weight excluding hydrogens is 206 g/mol. The predicted octanol–water partition coefficient (Wildman–Crippen LogP) is -0.635. The number of hydrogen-bond donors (Lipinski definition) is 3. The summed E-state index contributed by atoms with van der Waals surface area (Å²) in [7, 11) is 1.59. The number of aliphatic carboxylic acids is 1. The van der Waals surface area contributed by atoms with Crippen LogP contribution < -0.4 is 5.32 Å². The molecule has 0 aromatic rings. The van der Waals surface area contributed by atoms with Crippen molar-refractivity contribution in [3.8, 4) is 0 Å². The van der Waals surface area contributed by atoms with Gasteiger partial charge in [0.1, 0.15) is 6.04 Å². The van der Waals surface area contributed by atoms with E-state index in [1.54, 1.807) is 7.05 Å². The van der Waals surface area contributed by atoms with Crippen LogP contribution in [0.5, 0.6) is 0 Å². The van der Waals surface area contributed by atoms with Crippen LogP contribution >= 0.6 is 26.1 Å². The number of nitrogens with one attached hydrogen (secondary N) is 1. The molecule has 0 heterocycles. The third kappa shape index (κ3) is 10.2. The highest BCUT2D eigenvalue weighted by Gasteiger charge is 2.10. The summed E-state index contributed by atoms with van der Waals surface area (Å²) in [6.45, 7) is 0. The third-order valence-corrected chi connectivity index (χ3v) is 1.19. The fourth-order valence-corrected chi connectivity index (χ4v) is 0.632. The van der Waals surface area contributed by atoms with Gasteiger partial charge in [-0.05, 0) is 7.05 Å². The molecule has 0 amide bonds. The Morgan fingerprint density at radius 3 is 2.09 bits per heavy atom. The van der Waals surface area contributed by atoms with Crippen LogP contribution in [0.2, 0.25) is 0 Å². The van der Waals surface area contributed by atoms with Gasteiger partial charge < -0.3 is 10.4 Å². The molecule has 2 N–H and O–H groups in total. The van der Waals surface area contributed by atoms with E-state index in [-0.39, 0.29) is 13.5 Å². The number of thiol groups is 1. The van der Waals surface area contributed by atoms with Crippen molar-refractivity contribution in [3.63, 3.8) is 0 Å². The normalized spacial score (nSPS) is 10.0. The van der Waals surface area contributed by atoms with Crippen LogP contribution in [0.4, 0.5) is 0 Å². The summed E-state index contributed by atoms with van der Waals surface area (Å²) in [5.74, 6) is -0.534. The molecule has 0 aliphatic carbocycles.